The van der Waals surface area contributed by atoms with E-state index in [9.17, 15) is 4.39 Å². The van der Waals surface area contributed by atoms with Crippen molar-refractivity contribution in [1.29, 1.82) is 0 Å². The van der Waals surface area contributed by atoms with Crippen LogP contribution >= 0.6 is 0 Å². The SMILES string of the molecule is C=C(CC)N1C[C@@H](F)C[C@@H](N2CCCC2=C)C1. The van der Waals surface area contributed by atoms with Gasteiger partial charge in [0.25, 0.3) is 0 Å². The third-order valence-corrected chi connectivity index (χ3v) is 3.94. The zero-order valence-electron chi connectivity index (χ0n) is 10.8. The number of rotatable bonds is 3. The topological polar surface area (TPSA) is 6.48 Å². The van der Waals surface area contributed by atoms with Crippen molar-refractivity contribution in [2.45, 2.75) is 44.8 Å². The fourth-order valence-electron chi connectivity index (χ4n) is 2.92. The number of likely N-dealkylation sites (tertiary alicyclic amines) is 2. The molecule has 17 heavy (non-hydrogen) atoms. The van der Waals surface area contributed by atoms with E-state index in [0.29, 0.717) is 13.0 Å². The van der Waals surface area contributed by atoms with Crippen molar-refractivity contribution >= 4 is 0 Å². The number of nitrogens with zero attached hydrogens (tertiary/aromatic N) is 2. The van der Waals surface area contributed by atoms with Gasteiger partial charge in [-0.25, -0.2) is 4.39 Å². The Morgan fingerprint density at radius 1 is 1.47 bits per heavy atom. The van der Waals surface area contributed by atoms with Gasteiger partial charge in [0.2, 0.25) is 0 Å². The molecule has 2 aliphatic rings. The third-order valence-electron chi connectivity index (χ3n) is 3.94. The number of piperidine rings is 1. The van der Waals surface area contributed by atoms with E-state index in [2.05, 4.69) is 29.9 Å². The van der Waals surface area contributed by atoms with Gasteiger partial charge in [-0.3, -0.25) is 0 Å². The molecular formula is C14H23FN2. The number of hydrogen-bond donors (Lipinski definition) is 0. The molecule has 3 heteroatoms. The highest BCUT2D eigenvalue weighted by Gasteiger charge is 2.33. The summed E-state index contributed by atoms with van der Waals surface area (Å²) < 4.78 is 13.8. The van der Waals surface area contributed by atoms with Crippen LogP contribution in [0.3, 0.4) is 0 Å². The Hall–Kier alpha value is -0.990. The van der Waals surface area contributed by atoms with E-state index in [1.165, 1.54) is 12.1 Å². The molecule has 2 nitrogen and oxygen atoms in total. The Bertz CT molecular complexity index is 313. The summed E-state index contributed by atoms with van der Waals surface area (Å²) in [5.41, 5.74) is 2.24. The fraction of sp³-hybridized carbons (Fsp3) is 0.714. The lowest BCUT2D eigenvalue weighted by molar-refractivity contribution is 0.0909. The van der Waals surface area contributed by atoms with Gasteiger partial charge in [-0.2, -0.15) is 0 Å². The van der Waals surface area contributed by atoms with Crippen LogP contribution in [-0.2, 0) is 0 Å². The molecule has 0 radical (unpaired) electrons. The van der Waals surface area contributed by atoms with Gasteiger partial charge in [0.05, 0.1) is 0 Å². The lowest BCUT2D eigenvalue weighted by Gasteiger charge is -2.42. The fourth-order valence-corrected chi connectivity index (χ4v) is 2.92. The van der Waals surface area contributed by atoms with Crippen LogP contribution in [-0.4, -0.2) is 41.6 Å². The lowest BCUT2D eigenvalue weighted by Crippen LogP contribution is -2.49. The summed E-state index contributed by atoms with van der Waals surface area (Å²) in [6, 6.07) is 0.289. The first-order chi connectivity index (χ1) is 8.11. The molecule has 2 atom stereocenters. The van der Waals surface area contributed by atoms with Gasteiger partial charge >= 0.3 is 0 Å². The summed E-state index contributed by atoms with van der Waals surface area (Å²) in [5.74, 6) is 0. The van der Waals surface area contributed by atoms with E-state index in [1.54, 1.807) is 0 Å². The van der Waals surface area contributed by atoms with Gasteiger partial charge in [0, 0.05) is 43.5 Å². The van der Waals surface area contributed by atoms with Crippen molar-refractivity contribution in [3.05, 3.63) is 24.6 Å². The summed E-state index contributed by atoms with van der Waals surface area (Å²) in [7, 11) is 0. The largest absolute Gasteiger partial charge is 0.370 e. The predicted molar refractivity (Wildman–Crippen MR) is 69.4 cm³/mol. The zero-order chi connectivity index (χ0) is 12.4. The maximum Gasteiger partial charge on any atom is 0.120 e. The molecule has 2 heterocycles. The highest BCUT2D eigenvalue weighted by atomic mass is 19.1. The molecule has 0 amide bonds. The van der Waals surface area contributed by atoms with Crippen LogP contribution in [0.2, 0.25) is 0 Å². The van der Waals surface area contributed by atoms with E-state index >= 15 is 0 Å². The smallest absolute Gasteiger partial charge is 0.120 e. The van der Waals surface area contributed by atoms with Crippen molar-refractivity contribution in [2.24, 2.45) is 0 Å². The van der Waals surface area contributed by atoms with Crippen molar-refractivity contribution in [3.8, 4) is 0 Å². The second-order valence-corrected chi connectivity index (χ2v) is 5.17. The molecular weight excluding hydrogens is 215 g/mol. The highest BCUT2D eigenvalue weighted by Crippen LogP contribution is 2.29. The quantitative estimate of drug-likeness (QED) is 0.746. The average molecular weight is 238 g/mol. The molecule has 0 aromatic rings. The van der Waals surface area contributed by atoms with E-state index in [4.69, 9.17) is 0 Å². The first kappa shape index (κ1) is 12.5. The Morgan fingerprint density at radius 3 is 2.82 bits per heavy atom. The van der Waals surface area contributed by atoms with Crippen LogP contribution in [0, 0.1) is 0 Å². The molecule has 0 saturated carbocycles. The average Bonchev–Trinajstić information content (AvgIpc) is 2.73. The monoisotopic (exact) mass is 238 g/mol. The molecule has 96 valence electrons. The van der Waals surface area contributed by atoms with Gasteiger partial charge < -0.3 is 9.80 Å². The minimum absolute atomic E-state index is 0.289. The van der Waals surface area contributed by atoms with Crippen LogP contribution in [0.25, 0.3) is 0 Å². The third kappa shape index (κ3) is 2.64. The summed E-state index contributed by atoms with van der Waals surface area (Å²) in [4.78, 5) is 4.42. The van der Waals surface area contributed by atoms with E-state index in [0.717, 1.165) is 31.6 Å². The molecule has 2 aliphatic heterocycles. The summed E-state index contributed by atoms with van der Waals surface area (Å²) in [5, 5.41) is 0. The van der Waals surface area contributed by atoms with Gasteiger partial charge in [-0.15, -0.1) is 0 Å². The standard InChI is InChI=1S/C14H23FN2/c1-4-11(2)16-9-13(15)8-14(10-16)17-7-5-6-12(17)3/h13-14H,2-10H2,1H3/t13-,14+/m0/s1. The predicted octanol–water partition coefficient (Wildman–Crippen LogP) is 2.93. The minimum atomic E-state index is -0.731. The van der Waals surface area contributed by atoms with Gasteiger partial charge in [-0.1, -0.05) is 20.1 Å². The number of halogens is 1. The van der Waals surface area contributed by atoms with E-state index in [1.807, 2.05) is 0 Å². The molecule has 0 aliphatic carbocycles. The molecule has 2 fully saturated rings. The molecule has 2 saturated heterocycles. The van der Waals surface area contributed by atoms with Gasteiger partial charge in [0.15, 0.2) is 0 Å². The molecule has 0 unspecified atom stereocenters. The van der Waals surface area contributed by atoms with Crippen LogP contribution in [0.4, 0.5) is 4.39 Å². The minimum Gasteiger partial charge on any atom is -0.370 e. The summed E-state index contributed by atoms with van der Waals surface area (Å²) in [6.45, 7) is 12.7. The summed E-state index contributed by atoms with van der Waals surface area (Å²) in [6.07, 6.45) is 3.06. The zero-order valence-corrected chi connectivity index (χ0v) is 10.8. The van der Waals surface area contributed by atoms with Crippen LogP contribution < -0.4 is 0 Å². The van der Waals surface area contributed by atoms with Crippen molar-refractivity contribution in [1.82, 2.24) is 9.80 Å². The van der Waals surface area contributed by atoms with Crippen molar-refractivity contribution < 1.29 is 4.39 Å². The Labute approximate surface area is 104 Å². The number of alkyl halides is 1. The van der Waals surface area contributed by atoms with Crippen molar-refractivity contribution in [2.75, 3.05) is 19.6 Å². The first-order valence-corrected chi connectivity index (χ1v) is 6.63. The number of hydrogen-bond acceptors (Lipinski definition) is 2. The Kier molecular flexibility index (Phi) is 3.75. The van der Waals surface area contributed by atoms with Crippen molar-refractivity contribution in [3.63, 3.8) is 0 Å². The van der Waals surface area contributed by atoms with Crippen LogP contribution in [0.15, 0.2) is 24.6 Å². The van der Waals surface area contributed by atoms with Gasteiger partial charge in [0.1, 0.15) is 6.17 Å². The second-order valence-electron chi connectivity index (χ2n) is 5.17. The van der Waals surface area contributed by atoms with E-state index in [-0.39, 0.29) is 6.04 Å². The Morgan fingerprint density at radius 2 is 2.24 bits per heavy atom. The molecule has 0 spiro atoms. The van der Waals surface area contributed by atoms with E-state index < -0.39 is 6.17 Å². The maximum atomic E-state index is 13.8. The summed E-state index contributed by atoms with van der Waals surface area (Å²) >= 11 is 0. The Balaban J connectivity index is 2.03. The maximum absolute atomic E-state index is 13.8. The lowest BCUT2D eigenvalue weighted by atomic mass is 10.0. The highest BCUT2D eigenvalue weighted by molar-refractivity contribution is 5.06. The molecule has 0 bridgehead atoms. The molecule has 2 rings (SSSR count). The first-order valence-electron chi connectivity index (χ1n) is 6.63. The normalized spacial score (nSPS) is 29.9. The second kappa shape index (κ2) is 5.11. The van der Waals surface area contributed by atoms with Gasteiger partial charge in [-0.05, 0) is 19.3 Å². The number of allylic oxidation sites excluding steroid dienone is 2. The van der Waals surface area contributed by atoms with Crippen LogP contribution in [0.5, 0.6) is 0 Å². The molecule has 0 aromatic heterocycles. The molecule has 0 aromatic carbocycles. The molecule has 0 N–H and O–H groups in total. The van der Waals surface area contributed by atoms with Crippen LogP contribution in [0.1, 0.15) is 32.6 Å².